The summed E-state index contributed by atoms with van der Waals surface area (Å²) in [6.07, 6.45) is -2.19. The third kappa shape index (κ3) is 3.45. The average Bonchev–Trinajstić information content (AvgIpc) is 2.91. The molecule has 2 aromatic heterocycles. The molecule has 0 radical (unpaired) electrons. The molecule has 3 heterocycles. The summed E-state index contributed by atoms with van der Waals surface area (Å²) >= 11 is 0. The molecule has 0 unspecified atom stereocenters. The normalized spacial score (nSPS) is 25.9. The van der Waals surface area contributed by atoms with Crippen LogP contribution in [0.5, 0.6) is 0 Å². The largest absolute Gasteiger partial charge is 0.394 e. The molecule has 0 spiro atoms. The van der Waals surface area contributed by atoms with Crippen LogP contribution in [0.3, 0.4) is 0 Å². The number of carbonyl (C=O) groups excluding carboxylic acids is 1. The minimum absolute atomic E-state index is 0.153. The molecule has 132 valence electrons. The van der Waals surface area contributed by atoms with Gasteiger partial charge in [0, 0.05) is 12.4 Å². The van der Waals surface area contributed by atoms with Gasteiger partial charge in [0.2, 0.25) is 0 Å². The van der Waals surface area contributed by atoms with Crippen LogP contribution in [0.4, 0.5) is 4.39 Å². The highest BCUT2D eigenvalue weighted by atomic mass is 19.1. The summed E-state index contributed by atoms with van der Waals surface area (Å²) in [6.45, 7) is -0.578. The molecule has 1 saturated heterocycles. The first-order valence-electron chi connectivity index (χ1n) is 7.47. The molecule has 3 rings (SSSR count). The lowest BCUT2D eigenvalue weighted by molar-refractivity contribution is -0.0491. The van der Waals surface area contributed by atoms with E-state index in [0.29, 0.717) is 0 Å². The Labute approximate surface area is 140 Å². The fourth-order valence-electron chi connectivity index (χ4n) is 2.53. The van der Waals surface area contributed by atoms with Gasteiger partial charge in [-0.1, -0.05) is 0 Å². The van der Waals surface area contributed by atoms with Crippen molar-refractivity contribution in [3.8, 4) is 0 Å². The van der Waals surface area contributed by atoms with E-state index in [-0.39, 0.29) is 23.6 Å². The van der Waals surface area contributed by atoms with Crippen LogP contribution in [-0.4, -0.2) is 60.5 Å². The predicted molar refractivity (Wildman–Crippen MR) is 80.5 cm³/mol. The monoisotopic (exact) mass is 350 g/mol. The maximum atomic E-state index is 14.1. The van der Waals surface area contributed by atoms with Crippen LogP contribution in [0.1, 0.15) is 22.4 Å². The van der Waals surface area contributed by atoms with E-state index in [2.05, 4.69) is 15.0 Å². The van der Waals surface area contributed by atoms with Gasteiger partial charge in [-0.25, -0.2) is 19.2 Å². The second-order valence-corrected chi connectivity index (χ2v) is 5.49. The molecule has 4 atom stereocenters. The number of rotatable bonds is 5. The molecule has 0 aliphatic carbocycles. The number of ketones is 1. The van der Waals surface area contributed by atoms with Crippen LogP contribution in [-0.2, 0) is 11.2 Å². The number of nitrogens with zero attached hydrogens (tertiary/aromatic N) is 4. The lowest BCUT2D eigenvalue weighted by Gasteiger charge is -2.15. The number of hydrogen-bond donors (Lipinski definition) is 2. The third-order valence-electron chi connectivity index (χ3n) is 3.84. The van der Waals surface area contributed by atoms with Gasteiger partial charge in [0.25, 0.3) is 0 Å². The highest BCUT2D eigenvalue weighted by Crippen LogP contribution is 2.30. The van der Waals surface area contributed by atoms with Crippen molar-refractivity contribution >= 4 is 5.78 Å². The zero-order valence-corrected chi connectivity index (χ0v) is 12.9. The second-order valence-electron chi connectivity index (χ2n) is 5.49. The molecule has 0 amide bonds. The summed E-state index contributed by atoms with van der Waals surface area (Å²) in [4.78, 5) is 35.5. The first-order valence-corrected chi connectivity index (χ1v) is 7.47. The number of alkyl halides is 1. The molecule has 10 heteroatoms. The fourth-order valence-corrected chi connectivity index (χ4v) is 2.53. The van der Waals surface area contributed by atoms with Gasteiger partial charge in [0.15, 0.2) is 18.2 Å². The number of Topliss-reactive ketones (excluding diaryl/α,β-unsaturated/α-hetero) is 1. The van der Waals surface area contributed by atoms with E-state index in [9.17, 15) is 19.1 Å². The van der Waals surface area contributed by atoms with Gasteiger partial charge in [-0.3, -0.25) is 9.36 Å². The van der Waals surface area contributed by atoms with Crippen molar-refractivity contribution in [2.45, 2.75) is 31.0 Å². The maximum Gasteiger partial charge on any atom is 0.350 e. The Balaban J connectivity index is 1.78. The molecule has 1 aliphatic rings. The van der Waals surface area contributed by atoms with Crippen molar-refractivity contribution < 1.29 is 24.1 Å². The van der Waals surface area contributed by atoms with E-state index < -0.39 is 36.9 Å². The van der Waals surface area contributed by atoms with Crippen molar-refractivity contribution in [3.63, 3.8) is 0 Å². The summed E-state index contributed by atoms with van der Waals surface area (Å²) in [5.41, 5.74) is -0.443. The molecule has 2 N–H and O–H groups in total. The Hall–Kier alpha value is -2.56. The summed E-state index contributed by atoms with van der Waals surface area (Å²) < 4.78 is 20.1. The summed E-state index contributed by atoms with van der Waals surface area (Å²) in [6, 6.07) is 2.83. The molecule has 2 aromatic rings. The third-order valence-corrected chi connectivity index (χ3v) is 3.84. The van der Waals surface area contributed by atoms with Crippen molar-refractivity contribution in [1.82, 2.24) is 19.5 Å². The number of aromatic nitrogens is 4. The summed E-state index contributed by atoms with van der Waals surface area (Å²) in [5, 5.41) is 18.7. The quantitative estimate of drug-likeness (QED) is 0.661. The highest BCUT2D eigenvalue weighted by Gasteiger charge is 2.45. The molecule has 25 heavy (non-hydrogen) atoms. The first kappa shape index (κ1) is 17.3. The average molecular weight is 350 g/mol. The number of aliphatic hydroxyl groups is 2. The van der Waals surface area contributed by atoms with E-state index in [4.69, 9.17) is 9.84 Å². The molecule has 0 saturated carbocycles. The Morgan fingerprint density at radius 1 is 1.40 bits per heavy atom. The smallest absolute Gasteiger partial charge is 0.350 e. The molecule has 0 aromatic carbocycles. The van der Waals surface area contributed by atoms with E-state index in [0.717, 1.165) is 4.57 Å². The zero-order chi connectivity index (χ0) is 18.0. The Morgan fingerprint density at radius 3 is 2.80 bits per heavy atom. The van der Waals surface area contributed by atoms with Crippen LogP contribution in [0.2, 0.25) is 0 Å². The lowest BCUT2D eigenvalue weighted by Crippen LogP contribution is -2.33. The number of halogens is 1. The Kier molecular flexibility index (Phi) is 4.93. The van der Waals surface area contributed by atoms with Crippen LogP contribution in [0, 0.1) is 0 Å². The topological polar surface area (TPSA) is 127 Å². The first-order chi connectivity index (χ1) is 12.0. The standard InChI is InChI=1S/C15H15FN4O5/c16-12-13(23)11(6-21)25-14(12)20-4-2-8(19-15(20)24)5-10(22)9-1-3-17-7-18-9/h1-4,7,11-14,21,23H,5-6H2/t11-,12-,13-,14-/m1/s1. The molecule has 1 fully saturated rings. The van der Waals surface area contributed by atoms with Gasteiger partial charge >= 0.3 is 5.69 Å². The fraction of sp³-hybridized carbons (Fsp3) is 0.400. The van der Waals surface area contributed by atoms with Crippen molar-refractivity contribution in [1.29, 1.82) is 0 Å². The van der Waals surface area contributed by atoms with E-state index in [1.165, 1.54) is 30.9 Å². The van der Waals surface area contributed by atoms with Gasteiger partial charge < -0.3 is 14.9 Å². The molecular formula is C15H15FN4O5. The van der Waals surface area contributed by atoms with Gasteiger partial charge in [-0.2, -0.15) is 4.98 Å². The lowest BCUT2D eigenvalue weighted by atomic mass is 10.1. The maximum absolute atomic E-state index is 14.1. The van der Waals surface area contributed by atoms with Gasteiger partial charge in [-0.05, 0) is 12.1 Å². The minimum Gasteiger partial charge on any atom is -0.394 e. The second kappa shape index (κ2) is 7.13. The Bertz CT molecular complexity index is 815. The number of carbonyl (C=O) groups is 1. The summed E-state index contributed by atoms with van der Waals surface area (Å²) in [5.74, 6) is -0.344. The van der Waals surface area contributed by atoms with Gasteiger partial charge in [0.1, 0.15) is 24.2 Å². The van der Waals surface area contributed by atoms with Crippen LogP contribution in [0.15, 0.2) is 35.6 Å². The van der Waals surface area contributed by atoms with E-state index in [1.54, 1.807) is 0 Å². The van der Waals surface area contributed by atoms with Crippen LogP contribution in [0.25, 0.3) is 0 Å². The van der Waals surface area contributed by atoms with Gasteiger partial charge in [0.05, 0.1) is 18.7 Å². The van der Waals surface area contributed by atoms with Crippen molar-refractivity contribution in [3.05, 3.63) is 52.7 Å². The SMILES string of the molecule is O=C(Cc1ccn([C@@H]2O[C@H](CO)[C@@H](O)[C@H]2F)c(=O)n1)c1ccncn1. The van der Waals surface area contributed by atoms with Crippen molar-refractivity contribution in [2.75, 3.05) is 6.61 Å². The zero-order valence-electron chi connectivity index (χ0n) is 12.9. The van der Waals surface area contributed by atoms with E-state index in [1.807, 2.05) is 0 Å². The summed E-state index contributed by atoms with van der Waals surface area (Å²) in [7, 11) is 0. The Morgan fingerprint density at radius 2 is 2.20 bits per heavy atom. The molecule has 0 bridgehead atoms. The number of aliphatic hydroxyl groups excluding tert-OH is 2. The molecule has 1 aliphatic heterocycles. The highest BCUT2D eigenvalue weighted by molar-refractivity contribution is 5.95. The minimum atomic E-state index is -1.88. The number of hydrogen-bond acceptors (Lipinski definition) is 8. The van der Waals surface area contributed by atoms with Crippen LogP contribution < -0.4 is 5.69 Å². The van der Waals surface area contributed by atoms with Crippen LogP contribution >= 0.6 is 0 Å². The molecule has 9 nitrogen and oxygen atoms in total. The number of ether oxygens (including phenoxy) is 1. The van der Waals surface area contributed by atoms with E-state index >= 15 is 0 Å². The molecular weight excluding hydrogens is 335 g/mol. The predicted octanol–water partition coefficient (Wildman–Crippen LogP) is -0.953. The van der Waals surface area contributed by atoms with Crippen molar-refractivity contribution in [2.24, 2.45) is 0 Å². The van der Waals surface area contributed by atoms with Gasteiger partial charge in [-0.15, -0.1) is 0 Å².